The molecule has 7 heteroatoms. The van der Waals surface area contributed by atoms with E-state index in [1.54, 1.807) is 14.2 Å². The van der Waals surface area contributed by atoms with Gasteiger partial charge in [0.15, 0.2) is 5.96 Å². The largest absolute Gasteiger partial charge is 0.497 e. The molecule has 30 heavy (non-hydrogen) atoms. The van der Waals surface area contributed by atoms with Crippen molar-refractivity contribution in [3.63, 3.8) is 0 Å². The molecule has 1 aliphatic heterocycles. The molecule has 2 aromatic rings. The first kappa shape index (κ1) is 22.4. The maximum absolute atomic E-state index is 6.31. The quantitative estimate of drug-likeness (QED) is 0.498. The number of methoxy groups -OCH3 is 1. The lowest BCUT2D eigenvalue weighted by molar-refractivity contribution is 0.0342. The average molecular weight is 431 g/mol. The monoisotopic (exact) mass is 430 g/mol. The number of nitrogens with one attached hydrogen (secondary N) is 2. The number of morpholine rings is 1. The zero-order valence-corrected chi connectivity index (χ0v) is 18.5. The van der Waals surface area contributed by atoms with Crippen molar-refractivity contribution in [1.82, 2.24) is 15.5 Å². The average Bonchev–Trinajstić information content (AvgIpc) is 2.78. The molecule has 0 spiro atoms. The van der Waals surface area contributed by atoms with E-state index in [9.17, 15) is 0 Å². The maximum Gasteiger partial charge on any atom is 0.191 e. The van der Waals surface area contributed by atoms with Crippen molar-refractivity contribution < 1.29 is 9.47 Å². The van der Waals surface area contributed by atoms with Gasteiger partial charge >= 0.3 is 0 Å². The summed E-state index contributed by atoms with van der Waals surface area (Å²) < 4.78 is 10.6. The van der Waals surface area contributed by atoms with Crippen molar-refractivity contribution in [1.29, 1.82) is 0 Å². The van der Waals surface area contributed by atoms with Gasteiger partial charge < -0.3 is 20.1 Å². The van der Waals surface area contributed by atoms with E-state index in [1.165, 1.54) is 11.1 Å². The Morgan fingerprint density at radius 2 is 1.83 bits per heavy atom. The first-order valence-electron chi connectivity index (χ1n) is 10.3. The van der Waals surface area contributed by atoms with Gasteiger partial charge in [-0.3, -0.25) is 9.89 Å². The van der Waals surface area contributed by atoms with E-state index in [-0.39, 0.29) is 0 Å². The molecule has 6 nitrogen and oxygen atoms in total. The van der Waals surface area contributed by atoms with E-state index in [0.717, 1.165) is 74.7 Å². The summed E-state index contributed by atoms with van der Waals surface area (Å²) in [6, 6.07) is 14.5. The fourth-order valence-corrected chi connectivity index (χ4v) is 3.62. The Hall–Kier alpha value is -2.28. The zero-order chi connectivity index (χ0) is 21.2. The van der Waals surface area contributed by atoms with Gasteiger partial charge in [-0.05, 0) is 35.2 Å². The van der Waals surface area contributed by atoms with Gasteiger partial charge in [-0.1, -0.05) is 41.9 Å². The molecule has 1 fully saturated rings. The molecule has 1 heterocycles. The number of aliphatic imine (C=N–C) groups is 1. The van der Waals surface area contributed by atoms with Crippen LogP contribution in [0.15, 0.2) is 47.5 Å². The van der Waals surface area contributed by atoms with Crippen molar-refractivity contribution in [2.45, 2.75) is 19.5 Å². The third-order valence-corrected chi connectivity index (χ3v) is 5.52. The number of nitrogens with zero attached hydrogens (tertiary/aromatic N) is 2. The van der Waals surface area contributed by atoms with Gasteiger partial charge in [0.05, 0.1) is 20.3 Å². The first-order valence-corrected chi connectivity index (χ1v) is 10.7. The van der Waals surface area contributed by atoms with Gasteiger partial charge in [-0.2, -0.15) is 0 Å². The molecule has 0 bridgehead atoms. The van der Waals surface area contributed by atoms with Crippen molar-refractivity contribution in [2.75, 3.05) is 47.0 Å². The standard InChI is InChI=1S/C23H31ClN4O2/c1-25-23(26-10-9-20-7-8-21(29-2)15-22(20)24)27-16-18-3-5-19(6-4-18)17-28-11-13-30-14-12-28/h3-8,15H,9-14,16-17H2,1-2H3,(H2,25,26,27). The Labute approximate surface area is 184 Å². The normalized spacial score (nSPS) is 15.1. The van der Waals surface area contributed by atoms with E-state index in [0.29, 0.717) is 0 Å². The van der Waals surface area contributed by atoms with Crippen LogP contribution in [-0.4, -0.2) is 57.9 Å². The first-order chi connectivity index (χ1) is 14.7. The van der Waals surface area contributed by atoms with Crippen LogP contribution in [0.2, 0.25) is 5.02 Å². The molecule has 162 valence electrons. The predicted molar refractivity (Wildman–Crippen MR) is 122 cm³/mol. The number of hydrogen-bond acceptors (Lipinski definition) is 4. The van der Waals surface area contributed by atoms with Crippen molar-refractivity contribution >= 4 is 17.6 Å². The van der Waals surface area contributed by atoms with Crippen LogP contribution < -0.4 is 15.4 Å². The Kier molecular flexibility index (Phi) is 8.81. The molecule has 0 amide bonds. The fraction of sp³-hybridized carbons (Fsp3) is 0.435. The fourth-order valence-electron chi connectivity index (χ4n) is 3.36. The minimum absolute atomic E-state index is 0.719. The summed E-state index contributed by atoms with van der Waals surface area (Å²) in [5.41, 5.74) is 3.64. The van der Waals surface area contributed by atoms with Gasteiger partial charge in [0.1, 0.15) is 5.75 Å². The lowest BCUT2D eigenvalue weighted by Crippen LogP contribution is -2.37. The summed E-state index contributed by atoms with van der Waals surface area (Å²) in [4.78, 5) is 6.73. The Morgan fingerprint density at radius 3 is 2.50 bits per heavy atom. The van der Waals surface area contributed by atoms with Crippen LogP contribution in [0.4, 0.5) is 0 Å². The highest BCUT2D eigenvalue weighted by Gasteiger charge is 2.10. The molecular formula is C23H31ClN4O2. The highest BCUT2D eigenvalue weighted by Crippen LogP contribution is 2.22. The summed E-state index contributed by atoms with van der Waals surface area (Å²) >= 11 is 6.31. The van der Waals surface area contributed by atoms with Gasteiger partial charge in [0.25, 0.3) is 0 Å². The van der Waals surface area contributed by atoms with Gasteiger partial charge in [-0.25, -0.2) is 0 Å². The van der Waals surface area contributed by atoms with Crippen LogP contribution >= 0.6 is 11.6 Å². The third-order valence-electron chi connectivity index (χ3n) is 5.16. The van der Waals surface area contributed by atoms with Crippen LogP contribution in [0.1, 0.15) is 16.7 Å². The van der Waals surface area contributed by atoms with E-state index in [4.69, 9.17) is 21.1 Å². The van der Waals surface area contributed by atoms with E-state index < -0.39 is 0 Å². The number of hydrogen-bond donors (Lipinski definition) is 2. The summed E-state index contributed by atoms with van der Waals surface area (Å²) in [5.74, 6) is 1.54. The summed E-state index contributed by atoms with van der Waals surface area (Å²) in [6.45, 7) is 6.12. The summed E-state index contributed by atoms with van der Waals surface area (Å²) in [7, 11) is 3.42. The van der Waals surface area contributed by atoms with Crippen LogP contribution in [0, 0.1) is 0 Å². The molecule has 0 radical (unpaired) electrons. The number of ether oxygens (including phenoxy) is 2. The molecule has 3 rings (SSSR count). The molecular weight excluding hydrogens is 400 g/mol. The second kappa shape index (κ2) is 11.8. The zero-order valence-electron chi connectivity index (χ0n) is 17.8. The van der Waals surface area contributed by atoms with Crippen LogP contribution in [0.3, 0.4) is 0 Å². The van der Waals surface area contributed by atoms with E-state index >= 15 is 0 Å². The topological polar surface area (TPSA) is 58.1 Å². The molecule has 0 unspecified atom stereocenters. The Balaban J connectivity index is 1.41. The third kappa shape index (κ3) is 6.90. The molecule has 1 saturated heterocycles. The number of benzene rings is 2. The lowest BCUT2D eigenvalue weighted by Gasteiger charge is -2.26. The van der Waals surface area contributed by atoms with Crippen molar-refractivity contribution in [3.8, 4) is 5.75 Å². The minimum Gasteiger partial charge on any atom is -0.497 e. The van der Waals surface area contributed by atoms with Crippen molar-refractivity contribution in [3.05, 3.63) is 64.2 Å². The van der Waals surface area contributed by atoms with Crippen LogP contribution in [0.25, 0.3) is 0 Å². The van der Waals surface area contributed by atoms with Crippen LogP contribution in [0.5, 0.6) is 5.75 Å². The predicted octanol–water partition coefficient (Wildman–Crippen LogP) is 3.09. The summed E-state index contributed by atoms with van der Waals surface area (Å²) in [5, 5.41) is 7.42. The second-order valence-corrected chi connectivity index (χ2v) is 7.67. The lowest BCUT2D eigenvalue weighted by atomic mass is 10.1. The Bertz CT molecular complexity index is 820. The van der Waals surface area contributed by atoms with Gasteiger partial charge in [-0.15, -0.1) is 0 Å². The molecule has 2 aromatic carbocycles. The molecule has 2 N–H and O–H groups in total. The Morgan fingerprint density at radius 1 is 1.10 bits per heavy atom. The highest BCUT2D eigenvalue weighted by molar-refractivity contribution is 6.31. The molecule has 0 aliphatic carbocycles. The number of rotatable bonds is 8. The molecule has 1 aliphatic rings. The minimum atomic E-state index is 0.719. The number of guanidine groups is 1. The second-order valence-electron chi connectivity index (χ2n) is 7.26. The van der Waals surface area contributed by atoms with Crippen molar-refractivity contribution in [2.24, 2.45) is 4.99 Å². The molecule has 0 aromatic heterocycles. The van der Waals surface area contributed by atoms with Crippen LogP contribution in [-0.2, 0) is 24.2 Å². The number of halogens is 1. The molecule has 0 saturated carbocycles. The van der Waals surface area contributed by atoms with Gasteiger partial charge in [0.2, 0.25) is 0 Å². The van der Waals surface area contributed by atoms with Gasteiger partial charge in [0, 0.05) is 44.8 Å². The van der Waals surface area contributed by atoms with E-state index in [1.807, 2.05) is 18.2 Å². The molecule has 0 atom stereocenters. The maximum atomic E-state index is 6.31. The summed E-state index contributed by atoms with van der Waals surface area (Å²) in [6.07, 6.45) is 0.805. The SMILES string of the molecule is CN=C(NCCc1ccc(OC)cc1Cl)NCc1ccc(CN2CCOCC2)cc1. The highest BCUT2D eigenvalue weighted by atomic mass is 35.5. The smallest absolute Gasteiger partial charge is 0.191 e. The van der Waals surface area contributed by atoms with E-state index in [2.05, 4.69) is 44.8 Å².